The Morgan fingerprint density at radius 1 is 0.811 bits per heavy atom. The summed E-state index contributed by atoms with van der Waals surface area (Å²) in [5, 5.41) is 0.745. The van der Waals surface area contributed by atoms with E-state index >= 15 is 0 Å². The molecule has 0 bridgehead atoms. The molecule has 1 aliphatic heterocycles. The van der Waals surface area contributed by atoms with Gasteiger partial charge in [-0.25, -0.2) is 0 Å². The van der Waals surface area contributed by atoms with Crippen molar-refractivity contribution in [3.8, 4) is 0 Å². The van der Waals surface area contributed by atoms with Crippen LogP contribution in [0.4, 0.5) is 0 Å². The SMILES string of the molecule is CN(C(=O)CC(c1ccccc1)c1ccccc1)C1CCN(C(c2ccccc2)c2cccc(Cl)c2)C1. The Balaban J connectivity index is 1.33. The van der Waals surface area contributed by atoms with Crippen molar-refractivity contribution in [1.82, 2.24) is 9.80 Å². The lowest BCUT2D eigenvalue weighted by atomic mass is 9.88. The normalized spacial score (nSPS) is 16.6. The van der Waals surface area contributed by atoms with Crippen molar-refractivity contribution in [3.63, 3.8) is 0 Å². The van der Waals surface area contributed by atoms with Gasteiger partial charge in [-0.3, -0.25) is 9.69 Å². The molecule has 5 rings (SSSR count). The molecule has 1 heterocycles. The van der Waals surface area contributed by atoms with Crippen molar-refractivity contribution in [2.45, 2.75) is 30.8 Å². The van der Waals surface area contributed by atoms with Gasteiger partial charge in [-0.1, -0.05) is 115 Å². The summed E-state index contributed by atoms with van der Waals surface area (Å²) in [6.45, 7) is 1.75. The number of benzene rings is 4. The number of likely N-dealkylation sites (N-methyl/N-ethyl adjacent to an activating group) is 1. The average molecular weight is 509 g/mol. The molecular weight excluding hydrogens is 476 g/mol. The van der Waals surface area contributed by atoms with Crippen molar-refractivity contribution < 1.29 is 4.79 Å². The van der Waals surface area contributed by atoms with Gasteiger partial charge in [0.25, 0.3) is 0 Å². The third-order valence-electron chi connectivity index (χ3n) is 7.56. The van der Waals surface area contributed by atoms with Crippen molar-refractivity contribution >= 4 is 17.5 Å². The van der Waals surface area contributed by atoms with Crippen LogP contribution in [0.5, 0.6) is 0 Å². The smallest absolute Gasteiger partial charge is 0.223 e. The fourth-order valence-corrected chi connectivity index (χ4v) is 5.76. The molecule has 4 aromatic carbocycles. The van der Waals surface area contributed by atoms with Gasteiger partial charge in [0.2, 0.25) is 5.91 Å². The first kappa shape index (κ1) is 25.3. The number of amides is 1. The summed E-state index contributed by atoms with van der Waals surface area (Å²) in [4.78, 5) is 18.1. The van der Waals surface area contributed by atoms with Crippen LogP contribution in [-0.2, 0) is 4.79 Å². The minimum absolute atomic E-state index is 0.0402. The largest absolute Gasteiger partial charge is 0.341 e. The van der Waals surface area contributed by atoms with Gasteiger partial charge >= 0.3 is 0 Å². The quantitative estimate of drug-likeness (QED) is 0.251. The highest BCUT2D eigenvalue weighted by molar-refractivity contribution is 6.30. The molecule has 0 aliphatic carbocycles. The van der Waals surface area contributed by atoms with Crippen LogP contribution in [0.2, 0.25) is 5.02 Å². The lowest BCUT2D eigenvalue weighted by Gasteiger charge is -2.31. The van der Waals surface area contributed by atoms with Crippen molar-refractivity contribution in [2.75, 3.05) is 20.1 Å². The molecule has 4 heteroatoms. The summed E-state index contributed by atoms with van der Waals surface area (Å²) < 4.78 is 0. The minimum atomic E-state index is 0.0402. The monoisotopic (exact) mass is 508 g/mol. The van der Waals surface area contributed by atoms with Gasteiger partial charge in [0.15, 0.2) is 0 Å². The number of rotatable bonds is 8. The third kappa shape index (κ3) is 5.95. The molecule has 0 radical (unpaired) electrons. The highest BCUT2D eigenvalue weighted by atomic mass is 35.5. The van der Waals surface area contributed by atoms with Crippen LogP contribution < -0.4 is 0 Å². The van der Waals surface area contributed by atoms with E-state index in [0.29, 0.717) is 6.42 Å². The van der Waals surface area contributed by atoms with E-state index < -0.39 is 0 Å². The second kappa shape index (κ2) is 11.8. The van der Waals surface area contributed by atoms with E-state index in [9.17, 15) is 4.79 Å². The standard InChI is InChI=1S/C33H33ClN2O/c1-35(32(37)23-31(25-12-5-2-6-13-25)26-14-7-3-8-15-26)30-20-21-36(24-30)33(27-16-9-4-10-17-27)28-18-11-19-29(34)22-28/h2-19,22,30-31,33H,20-21,23-24H2,1H3. The third-order valence-corrected chi connectivity index (χ3v) is 7.80. The molecule has 0 spiro atoms. The van der Waals surface area contributed by atoms with Crippen LogP contribution >= 0.6 is 11.6 Å². The Morgan fingerprint density at radius 3 is 1.92 bits per heavy atom. The van der Waals surface area contributed by atoms with Crippen molar-refractivity contribution in [2.24, 2.45) is 0 Å². The summed E-state index contributed by atoms with van der Waals surface area (Å²) in [5.41, 5.74) is 4.77. The van der Waals surface area contributed by atoms with Crippen molar-refractivity contribution in [1.29, 1.82) is 0 Å². The van der Waals surface area contributed by atoms with E-state index in [1.165, 1.54) is 22.3 Å². The maximum atomic E-state index is 13.6. The zero-order chi connectivity index (χ0) is 25.6. The number of nitrogens with zero attached hydrogens (tertiary/aromatic N) is 2. The lowest BCUT2D eigenvalue weighted by molar-refractivity contribution is -0.132. The molecule has 1 fully saturated rings. The maximum absolute atomic E-state index is 13.6. The zero-order valence-electron chi connectivity index (χ0n) is 21.2. The van der Waals surface area contributed by atoms with Crippen LogP contribution in [0, 0.1) is 0 Å². The van der Waals surface area contributed by atoms with Gasteiger partial charge in [0.1, 0.15) is 0 Å². The van der Waals surface area contributed by atoms with Gasteiger partial charge in [0.05, 0.1) is 6.04 Å². The van der Waals surface area contributed by atoms with E-state index in [-0.39, 0.29) is 23.9 Å². The van der Waals surface area contributed by atoms with E-state index in [0.717, 1.165) is 24.5 Å². The van der Waals surface area contributed by atoms with E-state index in [4.69, 9.17) is 11.6 Å². The minimum Gasteiger partial charge on any atom is -0.341 e. The Labute approximate surface area is 225 Å². The molecule has 3 nitrogen and oxygen atoms in total. The summed E-state index contributed by atoms with van der Waals surface area (Å²) in [6.07, 6.45) is 1.41. The molecule has 2 unspecified atom stereocenters. The van der Waals surface area contributed by atoms with Crippen LogP contribution in [0.15, 0.2) is 115 Å². The van der Waals surface area contributed by atoms with Gasteiger partial charge < -0.3 is 4.90 Å². The average Bonchev–Trinajstić information content (AvgIpc) is 3.42. The lowest BCUT2D eigenvalue weighted by Crippen LogP contribution is -2.40. The number of likely N-dealkylation sites (tertiary alicyclic amines) is 1. The Bertz CT molecular complexity index is 1260. The van der Waals surface area contributed by atoms with Crippen LogP contribution in [-0.4, -0.2) is 41.9 Å². The number of halogens is 1. The summed E-state index contributed by atoms with van der Waals surface area (Å²) >= 11 is 6.38. The van der Waals surface area contributed by atoms with Gasteiger partial charge in [0, 0.05) is 43.5 Å². The Kier molecular flexibility index (Phi) is 8.03. The first-order valence-corrected chi connectivity index (χ1v) is 13.4. The molecule has 37 heavy (non-hydrogen) atoms. The molecule has 1 saturated heterocycles. The Morgan fingerprint density at radius 2 is 1.35 bits per heavy atom. The molecule has 0 saturated carbocycles. The number of carbonyl (C=O) groups is 1. The zero-order valence-corrected chi connectivity index (χ0v) is 22.0. The first-order chi connectivity index (χ1) is 18.1. The summed E-state index contributed by atoms with van der Waals surface area (Å²) in [7, 11) is 1.97. The highest BCUT2D eigenvalue weighted by Crippen LogP contribution is 2.34. The second-order valence-electron chi connectivity index (χ2n) is 9.89. The fraction of sp³-hybridized carbons (Fsp3) is 0.242. The number of carbonyl (C=O) groups excluding carboxylic acids is 1. The number of hydrogen-bond acceptors (Lipinski definition) is 2. The second-order valence-corrected chi connectivity index (χ2v) is 10.3. The van der Waals surface area contributed by atoms with E-state index in [1.807, 2.05) is 66.5 Å². The van der Waals surface area contributed by atoms with Gasteiger partial charge in [-0.2, -0.15) is 0 Å². The van der Waals surface area contributed by atoms with Gasteiger partial charge in [-0.05, 0) is 40.8 Å². The molecule has 0 N–H and O–H groups in total. The molecule has 1 aliphatic rings. The maximum Gasteiger partial charge on any atom is 0.223 e. The van der Waals surface area contributed by atoms with Crippen molar-refractivity contribution in [3.05, 3.63) is 143 Å². The molecule has 4 aromatic rings. The molecule has 0 aromatic heterocycles. The Hall–Kier alpha value is -3.40. The molecule has 1 amide bonds. The number of hydrogen-bond donors (Lipinski definition) is 0. The summed E-state index contributed by atoms with van der Waals surface area (Å²) in [6, 6.07) is 39.7. The first-order valence-electron chi connectivity index (χ1n) is 13.0. The van der Waals surface area contributed by atoms with Crippen LogP contribution in [0.3, 0.4) is 0 Å². The molecule has 188 valence electrons. The predicted octanol–water partition coefficient (Wildman–Crippen LogP) is 7.18. The topological polar surface area (TPSA) is 23.6 Å². The highest BCUT2D eigenvalue weighted by Gasteiger charge is 2.34. The molecular formula is C33H33ClN2O. The van der Waals surface area contributed by atoms with Gasteiger partial charge in [-0.15, -0.1) is 0 Å². The van der Waals surface area contributed by atoms with E-state index in [2.05, 4.69) is 65.6 Å². The van der Waals surface area contributed by atoms with E-state index in [1.54, 1.807) is 0 Å². The summed E-state index contributed by atoms with van der Waals surface area (Å²) in [5.74, 6) is 0.224. The molecule has 2 atom stereocenters. The fourth-order valence-electron chi connectivity index (χ4n) is 5.57. The predicted molar refractivity (Wildman–Crippen MR) is 152 cm³/mol. The van der Waals surface area contributed by atoms with Crippen LogP contribution in [0.25, 0.3) is 0 Å². The van der Waals surface area contributed by atoms with Crippen LogP contribution in [0.1, 0.15) is 47.1 Å².